The molecule has 0 bridgehead atoms. The lowest BCUT2D eigenvalue weighted by Gasteiger charge is -2.33. The summed E-state index contributed by atoms with van der Waals surface area (Å²) in [6.45, 7) is 7.20. The van der Waals surface area contributed by atoms with Crippen LogP contribution in [0, 0.1) is 17.2 Å². The SMILES string of the molecule is CCNC(C#N)(CN(CC)C1CC1)C1CC1. The van der Waals surface area contributed by atoms with Crippen LogP contribution in [0.4, 0.5) is 0 Å². The van der Waals surface area contributed by atoms with Gasteiger partial charge >= 0.3 is 0 Å². The Bertz CT molecular complexity index is 275. The van der Waals surface area contributed by atoms with E-state index in [1.54, 1.807) is 0 Å². The van der Waals surface area contributed by atoms with Gasteiger partial charge in [0, 0.05) is 12.6 Å². The van der Waals surface area contributed by atoms with Crippen LogP contribution in [0.3, 0.4) is 0 Å². The summed E-state index contributed by atoms with van der Waals surface area (Å²) >= 11 is 0. The molecule has 0 aromatic rings. The number of hydrogen-bond acceptors (Lipinski definition) is 3. The minimum absolute atomic E-state index is 0.270. The molecule has 1 N–H and O–H groups in total. The van der Waals surface area contributed by atoms with Crippen LogP contribution < -0.4 is 5.32 Å². The van der Waals surface area contributed by atoms with Gasteiger partial charge in [0.05, 0.1) is 6.07 Å². The molecule has 2 rings (SSSR count). The van der Waals surface area contributed by atoms with E-state index in [-0.39, 0.29) is 5.54 Å². The molecule has 3 nitrogen and oxygen atoms in total. The van der Waals surface area contributed by atoms with E-state index in [4.69, 9.17) is 0 Å². The van der Waals surface area contributed by atoms with Crippen molar-refractivity contribution in [3.8, 4) is 6.07 Å². The first-order valence-corrected chi connectivity index (χ1v) is 6.66. The van der Waals surface area contributed by atoms with Gasteiger partial charge in [-0.3, -0.25) is 10.2 Å². The lowest BCUT2D eigenvalue weighted by molar-refractivity contribution is 0.197. The van der Waals surface area contributed by atoms with Gasteiger partial charge in [0.15, 0.2) is 0 Å². The maximum Gasteiger partial charge on any atom is 0.122 e. The Balaban J connectivity index is 2.02. The van der Waals surface area contributed by atoms with Gasteiger partial charge in [-0.05, 0) is 44.7 Å². The van der Waals surface area contributed by atoms with E-state index in [0.717, 1.165) is 25.7 Å². The second-order valence-corrected chi connectivity index (χ2v) is 5.18. The van der Waals surface area contributed by atoms with Crippen LogP contribution in [0.1, 0.15) is 39.5 Å². The fraction of sp³-hybridized carbons (Fsp3) is 0.923. The second kappa shape index (κ2) is 4.73. The Hall–Kier alpha value is -0.590. The molecule has 0 amide bonds. The van der Waals surface area contributed by atoms with Crippen molar-refractivity contribution in [3.05, 3.63) is 0 Å². The average molecular weight is 221 g/mol. The van der Waals surface area contributed by atoms with Gasteiger partial charge in [0.25, 0.3) is 0 Å². The summed E-state index contributed by atoms with van der Waals surface area (Å²) in [5, 5.41) is 13.0. The lowest BCUT2D eigenvalue weighted by Crippen LogP contribution is -2.54. The van der Waals surface area contributed by atoms with Crippen LogP contribution in [0.5, 0.6) is 0 Å². The Kier molecular flexibility index (Phi) is 3.51. The smallest absolute Gasteiger partial charge is 0.122 e. The van der Waals surface area contributed by atoms with Gasteiger partial charge in [-0.1, -0.05) is 13.8 Å². The Morgan fingerprint density at radius 2 is 2.00 bits per heavy atom. The number of rotatable bonds is 7. The number of hydrogen-bond donors (Lipinski definition) is 1. The minimum atomic E-state index is -0.270. The first kappa shape index (κ1) is 11.9. The van der Waals surface area contributed by atoms with Crippen LogP contribution in [0.2, 0.25) is 0 Å². The van der Waals surface area contributed by atoms with E-state index < -0.39 is 0 Å². The molecule has 3 heteroatoms. The standard InChI is InChI=1S/C13H23N3/c1-3-15-13(9-14,11-5-6-11)10-16(4-2)12-7-8-12/h11-12,15H,3-8,10H2,1-2H3. The maximum atomic E-state index is 9.53. The molecule has 0 saturated heterocycles. The third-order valence-corrected chi connectivity index (χ3v) is 3.89. The molecular formula is C13H23N3. The summed E-state index contributed by atoms with van der Waals surface area (Å²) in [5.74, 6) is 0.588. The molecule has 16 heavy (non-hydrogen) atoms. The predicted molar refractivity (Wildman–Crippen MR) is 65.0 cm³/mol. The van der Waals surface area contributed by atoms with E-state index in [9.17, 15) is 5.26 Å². The molecule has 0 radical (unpaired) electrons. The Morgan fingerprint density at radius 3 is 2.38 bits per heavy atom. The van der Waals surface area contributed by atoms with Crippen molar-refractivity contribution in [3.63, 3.8) is 0 Å². The molecular weight excluding hydrogens is 198 g/mol. The Morgan fingerprint density at radius 1 is 1.31 bits per heavy atom. The molecule has 0 aromatic carbocycles. The molecule has 1 atom stereocenters. The van der Waals surface area contributed by atoms with Crippen LogP contribution >= 0.6 is 0 Å². The molecule has 0 aliphatic heterocycles. The zero-order valence-corrected chi connectivity index (χ0v) is 10.5. The largest absolute Gasteiger partial charge is 0.298 e. The average Bonchev–Trinajstić information content (AvgIpc) is 3.16. The van der Waals surface area contributed by atoms with E-state index >= 15 is 0 Å². The summed E-state index contributed by atoms with van der Waals surface area (Å²) in [4.78, 5) is 2.49. The van der Waals surface area contributed by atoms with E-state index in [2.05, 4.69) is 30.1 Å². The molecule has 0 aromatic heterocycles. The third-order valence-electron chi connectivity index (χ3n) is 3.89. The summed E-state index contributed by atoms with van der Waals surface area (Å²) in [6, 6.07) is 3.33. The molecule has 2 aliphatic rings. The van der Waals surface area contributed by atoms with Crippen molar-refractivity contribution < 1.29 is 0 Å². The normalized spacial score (nSPS) is 24.1. The molecule has 1 unspecified atom stereocenters. The topological polar surface area (TPSA) is 39.1 Å². The van der Waals surface area contributed by atoms with Gasteiger partial charge in [-0.15, -0.1) is 0 Å². The maximum absolute atomic E-state index is 9.53. The minimum Gasteiger partial charge on any atom is -0.298 e. The quantitative estimate of drug-likeness (QED) is 0.712. The van der Waals surface area contributed by atoms with Crippen LogP contribution in [0.15, 0.2) is 0 Å². The molecule has 0 heterocycles. The highest BCUT2D eigenvalue weighted by atomic mass is 15.2. The highest BCUT2D eigenvalue weighted by Gasteiger charge is 2.47. The van der Waals surface area contributed by atoms with E-state index in [1.165, 1.54) is 25.7 Å². The van der Waals surface area contributed by atoms with Crippen LogP contribution in [0.25, 0.3) is 0 Å². The summed E-state index contributed by atoms with van der Waals surface area (Å²) in [6.07, 6.45) is 5.10. The van der Waals surface area contributed by atoms with Crippen molar-refractivity contribution in [2.45, 2.75) is 51.1 Å². The molecule has 2 aliphatic carbocycles. The van der Waals surface area contributed by atoms with Crippen molar-refractivity contribution in [2.24, 2.45) is 5.92 Å². The zero-order valence-electron chi connectivity index (χ0n) is 10.5. The molecule has 0 spiro atoms. The summed E-state index contributed by atoms with van der Waals surface area (Å²) in [5.41, 5.74) is -0.270. The number of nitrogens with zero attached hydrogens (tertiary/aromatic N) is 2. The molecule has 2 saturated carbocycles. The fourth-order valence-corrected chi connectivity index (χ4v) is 2.65. The predicted octanol–water partition coefficient (Wildman–Crippen LogP) is 1.75. The van der Waals surface area contributed by atoms with Crippen molar-refractivity contribution in [1.29, 1.82) is 5.26 Å². The monoisotopic (exact) mass is 221 g/mol. The molecule has 90 valence electrons. The van der Waals surface area contributed by atoms with E-state index in [1.807, 2.05) is 0 Å². The Labute approximate surface area is 98.8 Å². The zero-order chi connectivity index (χ0) is 11.6. The summed E-state index contributed by atoms with van der Waals surface area (Å²) in [7, 11) is 0. The highest BCUT2D eigenvalue weighted by Crippen LogP contribution is 2.41. The number of nitrogens with one attached hydrogen (secondary N) is 1. The van der Waals surface area contributed by atoms with E-state index in [0.29, 0.717) is 5.92 Å². The van der Waals surface area contributed by atoms with Crippen LogP contribution in [-0.2, 0) is 0 Å². The van der Waals surface area contributed by atoms with Crippen LogP contribution in [-0.4, -0.2) is 36.1 Å². The number of nitriles is 1. The third kappa shape index (κ3) is 2.39. The van der Waals surface area contributed by atoms with Gasteiger partial charge < -0.3 is 0 Å². The molecule has 2 fully saturated rings. The van der Waals surface area contributed by atoms with Gasteiger partial charge in [0.1, 0.15) is 5.54 Å². The van der Waals surface area contributed by atoms with Gasteiger partial charge in [0.2, 0.25) is 0 Å². The highest BCUT2D eigenvalue weighted by molar-refractivity contribution is 5.17. The number of likely N-dealkylation sites (N-methyl/N-ethyl adjacent to an activating group) is 2. The first-order valence-electron chi connectivity index (χ1n) is 6.66. The van der Waals surface area contributed by atoms with Gasteiger partial charge in [-0.25, -0.2) is 0 Å². The van der Waals surface area contributed by atoms with Gasteiger partial charge in [-0.2, -0.15) is 5.26 Å². The summed E-state index contributed by atoms with van der Waals surface area (Å²) < 4.78 is 0. The van der Waals surface area contributed by atoms with Crippen molar-refractivity contribution in [2.75, 3.05) is 19.6 Å². The fourth-order valence-electron chi connectivity index (χ4n) is 2.65. The second-order valence-electron chi connectivity index (χ2n) is 5.18. The van der Waals surface area contributed by atoms with Crippen molar-refractivity contribution in [1.82, 2.24) is 10.2 Å². The lowest BCUT2D eigenvalue weighted by atomic mass is 9.94. The van der Waals surface area contributed by atoms with Crippen molar-refractivity contribution >= 4 is 0 Å². The first-order chi connectivity index (χ1) is 7.75.